The van der Waals surface area contributed by atoms with Gasteiger partial charge in [0.2, 0.25) is 5.95 Å². The predicted octanol–water partition coefficient (Wildman–Crippen LogP) is 4.69. The largest absolute Gasteiger partial charge is 0.477 e. The summed E-state index contributed by atoms with van der Waals surface area (Å²) in [6, 6.07) is 14.5. The van der Waals surface area contributed by atoms with Crippen molar-refractivity contribution in [2.45, 2.75) is 13.8 Å². The molecule has 3 rings (SSSR count). The molecule has 0 atom stereocenters. The Kier molecular flexibility index (Phi) is 6.24. The summed E-state index contributed by atoms with van der Waals surface area (Å²) in [5.41, 5.74) is 4.44. The Labute approximate surface area is 179 Å². The van der Waals surface area contributed by atoms with Crippen molar-refractivity contribution < 1.29 is 9.90 Å². The number of rotatable bonds is 6. The van der Waals surface area contributed by atoms with Gasteiger partial charge in [0.25, 0.3) is 0 Å². The molecule has 31 heavy (non-hydrogen) atoms. The lowest BCUT2D eigenvalue weighted by Gasteiger charge is -2.15. The molecule has 3 aromatic rings. The lowest BCUT2D eigenvalue weighted by molar-refractivity contribution is 0.0697. The highest BCUT2D eigenvalue weighted by atomic mass is 16.4. The third-order valence-electron chi connectivity index (χ3n) is 4.44. The molecule has 2 aromatic carbocycles. The van der Waals surface area contributed by atoms with Crippen LogP contribution in [0.1, 0.15) is 32.6 Å². The number of allylic oxidation sites excluding steroid dienone is 1. The molecule has 3 N–H and O–H groups in total. The SMILES string of the molecule is Cc1cc(/C=C/C#N)cc(C)c1Nc1nc(Nc2ccc(C#N)cc2)ncc1C(=O)O. The summed E-state index contributed by atoms with van der Waals surface area (Å²) < 4.78 is 0. The van der Waals surface area contributed by atoms with E-state index >= 15 is 0 Å². The van der Waals surface area contributed by atoms with E-state index in [0.29, 0.717) is 11.3 Å². The zero-order valence-electron chi connectivity index (χ0n) is 16.8. The highest BCUT2D eigenvalue weighted by molar-refractivity contribution is 5.94. The summed E-state index contributed by atoms with van der Waals surface area (Å²) in [6.07, 6.45) is 4.34. The third-order valence-corrected chi connectivity index (χ3v) is 4.44. The first-order valence-corrected chi connectivity index (χ1v) is 9.23. The van der Waals surface area contributed by atoms with Crippen LogP contribution in [0.5, 0.6) is 0 Å². The zero-order valence-corrected chi connectivity index (χ0v) is 16.8. The maximum atomic E-state index is 11.7. The molecule has 0 saturated heterocycles. The topological polar surface area (TPSA) is 135 Å². The number of carboxylic acid groups (broad SMARTS) is 1. The first kappa shape index (κ1) is 21.0. The number of benzene rings is 2. The zero-order chi connectivity index (χ0) is 22.4. The van der Waals surface area contributed by atoms with Gasteiger partial charge in [0.05, 0.1) is 17.7 Å². The van der Waals surface area contributed by atoms with Crippen LogP contribution in [0.2, 0.25) is 0 Å². The highest BCUT2D eigenvalue weighted by Crippen LogP contribution is 2.28. The van der Waals surface area contributed by atoms with E-state index in [2.05, 4.69) is 20.6 Å². The first-order valence-electron chi connectivity index (χ1n) is 9.23. The minimum atomic E-state index is -1.16. The number of nitrogens with one attached hydrogen (secondary N) is 2. The van der Waals surface area contributed by atoms with Crippen LogP contribution in [0.4, 0.5) is 23.1 Å². The fraction of sp³-hybridized carbons (Fsp3) is 0.0870. The van der Waals surface area contributed by atoms with Crippen LogP contribution in [-0.2, 0) is 0 Å². The summed E-state index contributed by atoms with van der Waals surface area (Å²) in [7, 11) is 0. The second-order valence-electron chi connectivity index (χ2n) is 6.69. The minimum absolute atomic E-state index is 0.0716. The monoisotopic (exact) mass is 410 g/mol. The molecule has 0 aliphatic carbocycles. The summed E-state index contributed by atoms with van der Waals surface area (Å²) in [5, 5.41) is 33.3. The number of nitrogens with zero attached hydrogens (tertiary/aromatic N) is 4. The maximum absolute atomic E-state index is 11.7. The van der Waals surface area contributed by atoms with Gasteiger partial charge in [-0.25, -0.2) is 9.78 Å². The number of nitriles is 2. The number of aromatic carboxylic acids is 1. The van der Waals surface area contributed by atoms with E-state index in [0.717, 1.165) is 22.4 Å². The summed E-state index contributed by atoms with van der Waals surface area (Å²) in [4.78, 5) is 20.1. The molecule has 0 aliphatic heterocycles. The van der Waals surface area contributed by atoms with Crippen LogP contribution in [0.25, 0.3) is 6.08 Å². The van der Waals surface area contributed by atoms with E-state index < -0.39 is 5.97 Å². The molecule has 1 heterocycles. The van der Waals surface area contributed by atoms with E-state index in [4.69, 9.17) is 10.5 Å². The van der Waals surface area contributed by atoms with E-state index in [9.17, 15) is 9.90 Å². The maximum Gasteiger partial charge on any atom is 0.341 e. The van der Waals surface area contributed by atoms with Crippen molar-refractivity contribution in [2.75, 3.05) is 10.6 Å². The van der Waals surface area contributed by atoms with Crippen molar-refractivity contribution >= 4 is 35.2 Å². The van der Waals surface area contributed by atoms with Gasteiger partial charge in [-0.2, -0.15) is 15.5 Å². The highest BCUT2D eigenvalue weighted by Gasteiger charge is 2.16. The van der Waals surface area contributed by atoms with Crippen LogP contribution in [0, 0.1) is 36.5 Å². The van der Waals surface area contributed by atoms with Crippen molar-refractivity contribution in [1.82, 2.24) is 9.97 Å². The Morgan fingerprint density at radius 1 is 1.10 bits per heavy atom. The van der Waals surface area contributed by atoms with Gasteiger partial charge in [-0.1, -0.05) is 0 Å². The number of anilines is 4. The normalized spacial score (nSPS) is 10.3. The molecule has 1 aromatic heterocycles. The Bertz CT molecular complexity index is 1230. The molecule has 0 unspecified atom stereocenters. The fourth-order valence-electron chi connectivity index (χ4n) is 2.99. The van der Waals surface area contributed by atoms with E-state index in [-0.39, 0.29) is 17.3 Å². The molecular formula is C23H18N6O2. The van der Waals surface area contributed by atoms with Crippen molar-refractivity contribution in [1.29, 1.82) is 10.5 Å². The molecule has 0 bridgehead atoms. The van der Waals surface area contributed by atoms with E-state index in [1.165, 1.54) is 12.3 Å². The first-order chi connectivity index (χ1) is 14.9. The van der Waals surface area contributed by atoms with Crippen molar-refractivity contribution in [3.8, 4) is 12.1 Å². The number of aromatic nitrogens is 2. The van der Waals surface area contributed by atoms with Crippen LogP contribution >= 0.6 is 0 Å². The molecule has 0 spiro atoms. The van der Waals surface area contributed by atoms with Gasteiger partial charge in [0.1, 0.15) is 5.56 Å². The lowest BCUT2D eigenvalue weighted by atomic mass is 10.0. The van der Waals surface area contributed by atoms with Gasteiger partial charge in [0.15, 0.2) is 5.82 Å². The van der Waals surface area contributed by atoms with E-state index in [1.807, 2.05) is 38.1 Å². The number of carbonyl (C=O) groups is 1. The van der Waals surface area contributed by atoms with Gasteiger partial charge in [-0.05, 0) is 73.0 Å². The van der Waals surface area contributed by atoms with Crippen molar-refractivity contribution in [3.05, 3.63) is 76.5 Å². The van der Waals surface area contributed by atoms with E-state index in [1.54, 1.807) is 30.3 Å². The standard InChI is InChI=1S/C23H18N6O2/c1-14-10-17(4-3-9-24)11-15(2)20(14)28-21-19(22(30)31)13-26-23(29-21)27-18-7-5-16(12-25)6-8-18/h3-8,10-11,13H,1-2H3,(H,30,31)(H2,26,27,28,29)/b4-3+. The van der Waals surface area contributed by atoms with Gasteiger partial charge < -0.3 is 15.7 Å². The Morgan fingerprint density at radius 3 is 2.35 bits per heavy atom. The number of hydrogen-bond donors (Lipinski definition) is 3. The Balaban J connectivity index is 1.95. The number of aryl methyl sites for hydroxylation is 2. The fourth-order valence-corrected chi connectivity index (χ4v) is 2.99. The quantitative estimate of drug-likeness (QED) is 0.498. The average molecular weight is 410 g/mol. The van der Waals surface area contributed by atoms with Gasteiger partial charge >= 0.3 is 5.97 Å². The second kappa shape index (κ2) is 9.21. The van der Waals surface area contributed by atoms with Gasteiger partial charge in [-0.15, -0.1) is 0 Å². The minimum Gasteiger partial charge on any atom is -0.477 e. The van der Waals surface area contributed by atoms with Crippen LogP contribution in [0.3, 0.4) is 0 Å². The molecule has 8 heteroatoms. The molecule has 8 nitrogen and oxygen atoms in total. The number of hydrogen-bond acceptors (Lipinski definition) is 7. The molecule has 0 amide bonds. The number of carboxylic acids is 1. The Hall–Kier alpha value is -4.69. The summed E-state index contributed by atoms with van der Waals surface area (Å²) in [5.74, 6) is -0.803. The predicted molar refractivity (Wildman–Crippen MR) is 117 cm³/mol. The van der Waals surface area contributed by atoms with Crippen LogP contribution < -0.4 is 10.6 Å². The molecule has 0 radical (unpaired) electrons. The van der Waals surface area contributed by atoms with Crippen LogP contribution in [0.15, 0.2) is 48.7 Å². The van der Waals surface area contributed by atoms with Gasteiger partial charge in [-0.3, -0.25) is 0 Å². The van der Waals surface area contributed by atoms with Crippen molar-refractivity contribution in [2.24, 2.45) is 0 Å². The van der Waals surface area contributed by atoms with Crippen LogP contribution in [-0.4, -0.2) is 21.0 Å². The summed E-state index contributed by atoms with van der Waals surface area (Å²) >= 11 is 0. The Morgan fingerprint density at radius 2 is 1.77 bits per heavy atom. The average Bonchev–Trinajstić information content (AvgIpc) is 2.75. The molecule has 0 fully saturated rings. The van der Waals surface area contributed by atoms with Crippen molar-refractivity contribution in [3.63, 3.8) is 0 Å². The smallest absolute Gasteiger partial charge is 0.341 e. The lowest BCUT2D eigenvalue weighted by Crippen LogP contribution is -2.09. The summed E-state index contributed by atoms with van der Waals surface area (Å²) in [6.45, 7) is 3.77. The molecule has 152 valence electrons. The molecule has 0 saturated carbocycles. The second-order valence-corrected chi connectivity index (χ2v) is 6.69. The molecular weight excluding hydrogens is 392 g/mol. The van der Waals surface area contributed by atoms with Gasteiger partial charge in [0, 0.05) is 23.6 Å². The molecule has 0 aliphatic rings. The third kappa shape index (κ3) is 5.03.